The number of hydrogen-bond donors (Lipinski definition) is 1. The fraction of sp³-hybridized carbons (Fsp3) is 1.00. The van der Waals surface area contributed by atoms with E-state index in [0.717, 1.165) is 0 Å². The van der Waals surface area contributed by atoms with Gasteiger partial charge in [-0.05, 0) is 33.1 Å². The van der Waals surface area contributed by atoms with Crippen LogP contribution in [0.3, 0.4) is 0 Å². The molecule has 5 nitrogen and oxygen atoms in total. The molecule has 1 N–H and O–H groups in total. The number of rotatable bonds is 3. The Balaban J connectivity index is 0.00000128. The van der Waals surface area contributed by atoms with E-state index in [4.69, 9.17) is 14.0 Å². The van der Waals surface area contributed by atoms with Gasteiger partial charge in [-0.25, -0.2) is 0 Å². The summed E-state index contributed by atoms with van der Waals surface area (Å²) in [5.74, 6) is -0.639. The Morgan fingerprint density at radius 3 is 2.25 bits per heavy atom. The van der Waals surface area contributed by atoms with Crippen molar-refractivity contribution in [2.45, 2.75) is 49.7 Å². The molecule has 1 heterocycles. The zero-order valence-electron chi connectivity index (χ0n) is 8.89. The molecule has 1 atom stereocenters. The van der Waals surface area contributed by atoms with E-state index in [1.165, 1.54) is 0 Å². The standard InChI is InChI=1S/C9H16O5S.Na.H/c1-8(2)13-6-7(14-8)5-9(3-4-9)15(10,11)12;;/h7H,3-6H2,1-2H3,(H,10,11,12);;/t7-;;/m0../s1. The Hall–Kier alpha value is 0.830. The van der Waals surface area contributed by atoms with E-state index in [2.05, 4.69) is 0 Å². The summed E-state index contributed by atoms with van der Waals surface area (Å²) >= 11 is 0. The molecule has 0 aromatic rings. The third kappa shape index (κ3) is 2.98. The minimum absolute atomic E-state index is 0. The second-order valence-electron chi connectivity index (χ2n) is 4.81. The van der Waals surface area contributed by atoms with Gasteiger partial charge >= 0.3 is 29.6 Å². The summed E-state index contributed by atoms with van der Waals surface area (Å²) in [6.07, 6.45) is 1.14. The second kappa shape index (κ2) is 4.50. The summed E-state index contributed by atoms with van der Waals surface area (Å²) in [5, 5.41) is 0. The van der Waals surface area contributed by atoms with Crippen LogP contribution >= 0.6 is 0 Å². The summed E-state index contributed by atoms with van der Waals surface area (Å²) in [6, 6.07) is 0. The molecule has 0 aromatic heterocycles. The van der Waals surface area contributed by atoms with E-state index in [9.17, 15) is 8.42 Å². The van der Waals surface area contributed by atoms with E-state index < -0.39 is 20.7 Å². The van der Waals surface area contributed by atoms with E-state index in [0.29, 0.717) is 25.9 Å². The van der Waals surface area contributed by atoms with Crippen LogP contribution in [0, 0.1) is 0 Å². The molecular weight excluding hydrogens is 243 g/mol. The molecule has 0 amide bonds. The Morgan fingerprint density at radius 1 is 1.38 bits per heavy atom. The topological polar surface area (TPSA) is 72.8 Å². The molecule has 1 aliphatic carbocycles. The van der Waals surface area contributed by atoms with Crippen LogP contribution in [0.15, 0.2) is 0 Å². The van der Waals surface area contributed by atoms with Crippen LogP contribution in [-0.4, -0.2) is 65.8 Å². The van der Waals surface area contributed by atoms with E-state index in [-0.39, 0.29) is 35.7 Å². The maximum absolute atomic E-state index is 11.1. The summed E-state index contributed by atoms with van der Waals surface area (Å²) in [6.45, 7) is 3.98. The monoisotopic (exact) mass is 260 g/mol. The SMILES string of the molecule is CC1(C)OC[C@H](CC2(S(=O)(=O)O)CC2)O1.[NaH]. The van der Waals surface area contributed by atoms with Crippen molar-refractivity contribution in [3.63, 3.8) is 0 Å². The first-order valence-electron chi connectivity index (χ1n) is 5.03. The minimum atomic E-state index is -3.95. The Morgan fingerprint density at radius 2 is 1.94 bits per heavy atom. The van der Waals surface area contributed by atoms with E-state index in [1.807, 2.05) is 0 Å². The molecule has 7 heteroatoms. The van der Waals surface area contributed by atoms with Gasteiger partial charge in [-0.3, -0.25) is 4.55 Å². The average molecular weight is 260 g/mol. The normalized spacial score (nSPS) is 30.8. The van der Waals surface area contributed by atoms with Gasteiger partial charge in [-0.1, -0.05) is 0 Å². The van der Waals surface area contributed by atoms with Crippen molar-refractivity contribution in [3.05, 3.63) is 0 Å². The van der Waals surface area contributed by atoms with Gasteiger partial charge in [-0.15, -0.1) is 0 Å². The molecule has 0 aromatic carbocycles. The van der Waals surface area contributed by atoms with Crippen LogP contribution in [0.1, 0.15) is 33.1 Å². The second-order valence-corrected chi connectivity index (χ2v) is 6.63. The fourth-order valence-corrected chi connectivity index (χ4v) is 3.00. The average Bonchev–Trinajstić information content (AvgIpc) is 2.73. The predicted octanol–water partition coefficient (Wildman–Crippen LogP) is 0.300. The van der Waals surface area contributed by atoms with Gasteiger partial charge < -0.3 is 9.47 Å². The summed E-state index contributed by atoms with van der Waals surface area (Å²) in [4.78, 5) is 0. The molecule has 1 saturated heterocycles. The predicted molar refractivity (Wildman–Crippen MR) is 60.2 cm³/mol. The summed E-state index contributed by atoms with van der Waals surface area (Å²) in [7, 11) is -3.95. The van der Waals surface area contributed by atoms with Gasteiger partial charge in [0.2, 0.25) is 0 Å². The van der Waals surface area contributed by atoms with Crippen molar-refractivity contribution in [3.8, 4) is 0 Å². The van der Waals surface area contributed by atoms with Gasteiger partial charge in [0.15, 0.2) is 5.79 Å². The van der Waals surface area contributed by atoms with Gasteiger partial charge in [-0.2, -0.15) is 8.42 Å². The molecule has 1 saturated carbocycles. The van der Waals surface area contributed by atoms with E-state index in [1.54, 1.807) is 13.8 Å². The van der Waals surface area contributed by atoms with E-state index >= 15 is 0 Å². The van der Waals surface area contributed by atoms with Gasteiger partial charge in [0.25, 0.3) is 10.1 Å². The molecule has 0 bridgehead atoms. The van der Waals surface area contributed by atoms with Crippen LogP contribution < -0.4 is 0 Å². The van der Waals surface area contributed by atoms with Crippen LogP contribution in [0.5, 0.6) is 0 Å². The first-order chi connectivity index (χ1) is 6.74. The molecule has 2 rings (SSSR count). The van der Waals surface area contributed by atoms with Gasteiger partial charge in [0.05, 0.1) is 12.7 Å². The van der Waals surface area contributed by atoms with Gasteiger partial charge in [0, 0.05) is 0 Å². The Kier molecular flexibility index (Phi) is 4.18. The molecule has 16 heavy (non-hydrogen) atoms. The molecule has 2 aliphatic rings. The summed E-state index contributed by atoms with van der Waals surface area (Å²) in [5.41, 5.74) is 0. The van der Waals surface area contributed by atoms with Crippen LogP contribution in [-0.2, 0) is 19.6 Å². The zero-order valence-corrected chi connectivity index (χ0v) is 9.71. The molecule has 1 aliphatic heterocycles. The number of hydrogen-bond acceptors (Lipinski definition) is 4. The van der Waals surface area contributed by atoms with Crippen molar-refractivity contribution in [2.24, 2.45) is 0 Å². The Labute approximate surface area is 118 Å². The van der Waals surface area contributed by atoms with Gasteiger partial charge in [0.1, 0.15) is 4.75 Å². The van der Waals surface area contributed by atoms with Crippen molar-refractivity contribution < 1.29 is 22.4 Å². The zero-order chi connectivity index (χ0) is 11.3. The molecule has 0 spiro atoms. The number of ether oxygens (including phenoxy) is 2. The molecule has 0 radical (unpaired) electrons. The van der Waals surface area contributed by atoms with Crippen LogP contribution in [0.25, 0.3) is 0 Å². The molecular formula is C9H17NaO5S. The quantitative estimate of drug-likeness (QED) is 0.583. The molecule has 90 valence electrons. The third-order valence-electron chi connectivity index (χ3n) is 3.02. The van der Waals surface area contributed by atoms with Crippen molar-refractivity contribution >= 4 is 39.7 Å². The first kappa shape index (κ1) is 14.9. The molecule has 2 fully saturated rings. The molecule has 0 unspecified atom stereocenters. The maximum atomic E-state index is 11.1. The van der Waals surface area contributed by atoms with Crippen molar-refractivity contribution in [1.82, 2.24) is 0 Å². The summed E-state index contributed by atoms with van der Waals surface area (Å²) < 4.78 is 41.2. The van der Waals surface area contributed by atoms with Crippen molar-refractivity contribution in [1.29, 1.82) is 0 Å². The Bertz CT molecular complexity index is 360. The fourth-order valence-electron chi connectivity index (χ4n) is 1.99. The van der Waals surface area contributed by atoms with Crippen LogP contribution in [0.4, 0.5) is 0 Å². The van der Waals surface area contributed by atoms with Crippen LogP contribution in [0.2, 0.25) is 0 Å². The first-order valence-corrected chi connectivity index (χ1v) is 6.47. The third-order valence-corrected chi connectivity index (χ3v) is 4.69. The van der Waals surface area contributed by atoms with Crippen molar-refractivity contribution in [2.75, 3.05) is 6.61 Å².